The van der Waals surface area contributed by atoms with Gasteiger partial charge in [-0.05, 0) is 35.4 Å². The fraction of sp³-hybridized carbons (Fsp3) is 0.389. The van der Waals surface area contributed by atoms with Crippen molar-refractivity contribution in [1.82, 2.24) is 10.6 Å². The van der Waals surface area contributed by atoms with Crippen molar-refractivity contribution in [3.63, 3.8) is 0 Å². The molecule has 0 aliphatic carbocycles. The van der Waals surface area contributed by atoms with Gasteiger partial charge in [-0.25, -0.2) is 4.79 Å². The second kappa shape index (κ2) is 8.26. The summed E-state index contributed by atoms with van der Waals surface area (Å²) in [7, 11) is 1.60. The van der Waals surface area contributed by atoms with Crippen molar-refractivity contribution in [3.8, 4) is 0 Å². The largest absolute Gasteiger partial charge is 0.467 e. The zero-order chi connectivity index (χ0) is 16.8. The molecule has 3 rings (SSSR count). The maximum Gasteiger partial charge on any atom is 0.315 e. The summed E-state index contributed by atoms with van der Waals surface area (Å²) in [5.74, 6) is 1.77. The number of amides is 2. The number of nitrogens with one attached hydrogen (secondary N) is 2. The molecule has 5 nitrogen and oxygen atoms in total. The van der Waals surface area contributed by atoms with Gasteiger partial charge in [0.25, 0.3) is 0 Å². The number of carbonyl (C=O) groups is 1. The summed E-state index contributed by atoms with van der Waals surface area (Å²) in [4.78, 5) is 12.2. The standard InChI is InChI=1S/C18H22N2O3S/c1-22-12-15(16-7-4-9-23-16)20-18(21)19-11-17-14-6-3-2-5-13(14)8-10-24-17/h2-7,9,15,17H,8,10-12H2,1H3,(H2,19,20,21)/t15-,17-/m1/s1. The van der Waals surface area contributed by atoms with Gasteiger partial charge in [0.1, 0.15) is 11.8 Å². The first kappa shape index (κ1) is 16.9. The molecule has 0 spiro atoms. The van der Waals surface area contributed by atoms with E-state index < -0.39 is 0 Å². The number of hydrogen-bond acceptors (Lipinski definition) is 4. The summed E-state index contributed by atoms with van der Waals surface area (Å²) in [6, 6.07) is 11.6. The quantitative estimate of drug-likeness (QED) is 0.842. The van der Waals surface area contributed by atoms with E-state index in [1.165, 1.54) is 11.1 Å². The molecular formula is C18H22N2O3S. The topological polar surface area (TPSA) is 63.5 Å². The molecule has 0 radical (unpaired) electrons. The van der Waals surface area contributed by atoms with Gasteiger partial charge in [-0.2, -0.15) is 11.8 Å². The van der Waals surface area contributed by atoms with Crippen molar-refractivity contribution < 1.29 is 13.9 Å². The highest BCUT2D eigenvalue weighted by Gasteiger charge is 2.22. The van der Waals surface area contributed by atoms with E-state index in [2.05, 4.69) is 34.9 Å². The van der Waals surface area contributed by atoms with Gasteiger partial charge in [0.15, 0.2) is 0 Å². The summed E-state index contributed by atoms with van der Waals surface area (Å²) >= 11 is 1.89. The molecule has 0 saturated carbocycles. The molecule has 0 bridgehead atoms. The summed E-state index contributed by atoms with van der Waals surface area (Å²) in [6.45, 7) is 0.966. The van der Waals surface area contributed by atoms with Crippen molar-refractivity contribution in [2.75, 3.05) is 26.0 Å². The lowest BCUT2D eigenvalue weighted by Crippen LogP contribution is -2.41. The highest BCUT2D eigenvalue weighted by molar-refractivity contribution is 7.99. The molecule has 1 aromatic carbocycles. The number of fused-ring (bicyclic) bond motifs is 1. The smallest absolute Gasteiger partial charge is 0.315 e. The van der Waals surface area contributed by atoms with E-state index in [0.717, 1.165) is 12.2 Å². The highest BCUT2D eigenvalue weighted by Crippen LogP contribution is 2.35. The maximum atomic E-state index is 12.2. The molecule has 24 heavy (non-hydrogen) atoms. The third-order valence-electron chi connectivity index (χ3n) is 4.07. The molecular weight excluding hydrogens is 324 g/mol. The molecule has 0 saturated heterocycles. The molecule has 128 valence electrons. The van der Waals surface area contributed by atoms with Gasteiger partial charge < -0.3 is 19.8 Å². The Balaban J connectivity index is 1.56. The summed E-state index contributed by atoms with van der Waals surface area (Å²) in [5.41, 5.74) is 2.71. The number of ether oxygens (including phenoxy) is 1. The number of aryl methyl sites for hydroxylation is 1. The number of benzene rings is 1. The van der Waals surface area contributed by atoms with Crippen LogP contribution in [0.1, 0.15) is 28.2 Å². The van der Waals surface area contributed by atoms with E-state index in [4.69, 9.17) is 9.15 Å². The molecule has 1 aliphatic heterocycles. The first-order valence-corrected chi connectivity index (χ1v) is 9.09. The normalized spacial score (nSPS) is 17.8. The second-order valence-electron chi connectivity index (χ2n) is 5.69. The van der Waals surface area contributed by atoms with E-state index in [0.29, 0.717) is 24.2 Å². The third kappa shape index (κ3) is 4.13. The molecule has 0 unspecified atom stereocenters. The van der Waals surface area contributed by atoms with Crippen LogP contribution in [0.5, 0.6) is 0 Å². The lowest BCUT2D eigenvalue weighted by atomic mass is 10.0. The Morgan fingerprint density at radius 3 is 3.04 bits per heavy atom. The van der Waals surface area contributed by atoms with Crippen LogP contribution < -0.4 is 10.6 Å². The summed E-state index contributed by atoms with van der Waals surface area (Å²) < 4.78 is 10.5. The Labute approximate surface area is 146 Å². The SMILES string of the molecule is COC[C@@H](NC(=O)NC[C@H]1SCCc2ccccc21)c1ccco1. The first-order chi connectivity index (χ1) is 11.8. The Bertz CT molecular complexity index is 660. The zero-order valence-corrected chi connectivity index (χ0v) is 14.5. The molecule has 2 N–H and O–H groups in total. The minimum absolute atomic E-state index is 0.211. The van der Waals surface area contributed by atoms with Crippen LogP contribution in [0.15, 0.2) is 47.1 Å². The fourth-order valence-corrected chi connectivity index (χ4v) is 4.12. The fourth-order valence-electron chi connectivity index (χ4n) is 2.89. The van der Waals surface area contributed by atoms with E-state index in [1.54, 1.807) is 19.4 Å². The number of methoxy groups -OCH3 is 1. The van der Waals surface area contributed by atoms with Crippen LogP contribution >= 0.6 is 11.8 Å². The van der Waals surface area contributed by atoms with E-state index in [1.807, 2.05) is 17.8 Å². The number of rotatable bonds is 6. The van der Waals surface area contributed by atoms with Gasteiger partial charge in [-0.15, -0.1) is 0 Å². The van der Waals surface area contributed by atoms with Crippen LogP contribution in [0.2, 0.25) is 0 Å². The van der Waals surface area contributed by atoms with Crippen molar-refractivity contribution in [2.45, 2.75) is 17.7 Å². The number of hydrogen-bond donors (Lipinski definition) is 2. The molecule has 2 aromatic rings. The van der Waals surface area contributed by atoms with Crippen LogP contribution in [0.3, 0.4) is 0 Å². The molecule has 1 aromatic heterocycles. The first-order valence-electron chi connectivity index (χ1n) is 8.04. The Hall–Kier alpha value is -1.92. The average Bonchev–Trinajstić information content (AvgIpc) is 3.14. The number of urea groups is 1. The number of thioether (sulfide) groups is 1. The van der Waals surface area contributed by atoms with E-state index in [9.17, 15) is 4.79 Å². The number of furan rings is 1. The Morgan fingerprint density at radius 1 is 1.38 bits per heavy atom. The molecule has 2 amide bonds. The van der Waals surface area contributed by atoms with Gasteiger partial charge in [-0.3, -0.25) is 0 Å². The van der Waals surface area contributed by atoms with Crippen molar-refractivity contribution in [1.29, 1.82) is 0 Å². The molecule has 0 fully saturated rings. The predicted octanol–water partition coefficient (Wildman–Crippen LogP) is 3.30. The van der Waals surface area contributed by atoms with Crippen LogP contribution in [0.4, 0.5) is 4.79 Å². The third-order valence-corrected chi connectivity index (χ3v) is 5.33. The van der Waals surface area contributed by atoms with Crippen molar-refractivity contribution in [2.24, 2.45) is 0 Å². The zero-order valence-electron chi connectivity index (χ0n) is 13.7. The van der Waals surface area contributed by atoms with Crippen LogP contribution in [0.25, 0.3) is 0 Å². The van der Waals surface area contributed by atoms with E-state index >= 15 is 0 Å². The second-order valence-corrected chi connectivity index (χ2v) is 7.00. The minimum Gasteiger partial charge on any atom is -0.467 e. The Morgan fingerprint density at radius 2 is 2.25 bits per heavy atom. The Kier molecular flexibility index (Phi) is 5.82. The summed E-state index contributed by atoms with van der Waals surface area (Å²) in [5, 5.41) is 6.18. The van der Waals surface area contributed by atoms with Crippen LogP contribution in [-0.2, 0) is 11.2 Å². The van der Waals surface area contributed by atoms with Gasteiger partial charge >= 0.3 is 6.03 Å². The molecule has 2 heterocycles. The van der Waals surface area contributed by atoms with Crippen LogP contribution in [0, 0.1) is 0 Å². The van der Waals surface area contributed by atoms with Gasteiger partial charge in [0.2, 0.25) is 0 Å². The highest BCUT2D eigenvalue weighted by atomic mass is 32.2. The van der Waals surface area contributed by atoms with Crippen LogP contribution in [-0.4, -0.2) is 32.0 Å². The monoisotopic (exact) mass is 346 g/mol. The molecule has 2 atom stereocenters. The minimum atomic E-state index is -0.295. The average molecular weight is 346 g/mol. The molecule has 1 aliphatic rings. The number of carbonyl (C=O) groups excluding carboxylic acids is 1. The van der Waals surface area contributed by atoms with E-state index in [-0.39, 0.29) is 12.1 Å². The van der Waals surface area contributed by atoms with Gasteiger partial charge in [0, 0.05) is 18.9 Å². The van der Waals surface area contributed by atoms with Crippen molar-refractivity contribution in [3.05, 3.63) is 59.5 Å². The lowest BCUT2D eigenvalue weighted by Gasteiger charge is -2.25. The molecule has 6 heteroatoms. The lowest BCUT2D eigenvalue weighted by molar-refractivity contribution is 0.157. The maximum absolute atomic E-state index is 12.2. The van der Waals surface area contributed by atoms with Gasteiger partial charge in [0.05, 0.1) is 12.9 Å². The predicted molar refractivity (Wildman–Crippen MR) is 95.2 cm³/mol. The summed E-state index contributed by atoms with van der Waals surface area (Å²) in [6.07, 6.45) is 2.69. The van der Waals surface area contributed by atoms with Gasteiger partial charge in [-0.1, -0.05) is 24.3 Å². The van der Waals surface area contributed by atoms with Crippen molar-refractivity contribution >= 4 is 17.8 Å².